The van der Waals surface area contributed by atoms with E-state index >= 15 is 0 Å². The summed E-state index contributed by atoms with van der Waals surface area (Å²) in [6.07, 6.45) is -0.828. The molecule has 1 atom stereocenters. The SMILES string of the molecule is Cn1c(SCc2nnc(-c3ccccc3)o2)nnc1[C@@H](O)c1ccccc1. The van der Waals surface area contributed by atoms with E-state index < -0.39 is 6.10 Å². The van der Waals surface area contributed by atoms with Crippen LogP contribution in [0.15, 0.2) is 70.2 Å². The van der Waals surface area contributed by atoms with Gasteiger partial charge >= 0.3 is 0 Å². The monoisotopic (exact) mass is 379 g/mol. The smallest absolute Gasteiger partial charge is 0.247 e. The molecule has 2 aromatic carbocycles. The fraction of sp³-hybridized carbons (Fsp3) is 0.158. The lowest BCUT2D eigenvalue weighted by Crippen LogP contribution is -2.07. The molecule has 2 aromatic heterocycles. The molecule has 0 unspecified atom stereocenters. The zero-order valence-electron chi connectivity index (χ0n) is 14.6. The second-order valence-corrected chi connectivity index (χ2v) is 6.81. The molecule has 0 aliphatic carbocycles. The first-order valence-corrected chi connectivity index (χ1v) is 9.34. The largest absolute Gasteiger partial charge is 0.420 e. The molecule has 27 heavy (non-hydrogen) atoms. The van der Waals surface area contributed by atoms with Gasteiger partial charge in [-0.3, -0.25) is 0 Å². The Balaban J connectivity index is 1.45. The highest BCUT2D eigenvalue weighted by Gasteiger charge is 2.19. The highest BCUT2D eigenvalue weighted by Crippen LogP contribution is 2.26. The maximum absolute atomic E-state index is 10.5. The Morgan fingerprint density at radius 1 is 0.963 bits per heavy atom. The van der Waals surface area contributed by atoms with Crippen molar-refractivity contribution in [3.8, 4) is 11.5 Å². The molecule has 8 heteroatoms. The van der Waals surface area contributed by atoms with Gasteiger partial charge in [-0.15, -0.1) is 20.4 Å². The van der Waals surface area contributed by atoms with Gasteiger partial charge in [-0.2, -0.15) is 0 Å². The van der Waals surface area contributed by atoms with Crippen LogP contribution in [-0.2, 0) is 12.8 Å². The average molecular weight is 379 g/mol. The van der Waals surface area contributed by atoms with Crippen molar-refractivity contribution < 1.29 is 9.52 Å². The summed E-state index contributed by atoms with van der Waals surface area (Å²) < 4.78 is 7.48. The number of aliphatic hydroxyl groups excluding tert-OH is 1. The van der Waals surface area contributed by atoms with Crippen LogP contribution in [-0.4, -0.2) is 30.1 Å². The lowest BCUT2D eigenvalue weighted by molar-refractivity contribution is 0.205. The number of aliphatic hydroxyl groups is 1. The van der Waals surface area contributed by atoms with Crippen molar-refractivity contribution in [2.24, 2.45) is 7.05 Å². The Bertz CT molecular complexity index is 1020. The Morgan fingerprint density at radius 3 is 2.41 bits per heavy atom. The molecule has 4 rings (SSSR count). The molecule has 0 radical (unpaired) electrons. The Kier molecular flexibility index (Phi) is 4.99. The first-order chi connectivity index (χ1) is 13.2. The van der Waals surface area contributed by atoms with Crippen LogP contribution in [0.3, 0.4) is 0 Å². The van der Waals surface area contributed by atoms with E-state index in [1.165, 1.54) is 11.8 Å². The number of aromatic nitrogens is 5. The van der Waals surface area contributed by atoms with Crippen molar-refractivity contribution in [1.29, 1.82) is 0 Å². The van der Waals surface area contributed by atoms with E-state index in [9.17, 15) is 5.11 Å². The van der Waals surface area contributed by atoms with Crippen molar-refractivity contribution in [3.63, 3.8) is 0 Å². The Labute approximate surface area is 160 Å². The molecule has 0 saturated heterocycles. The first-order valence-electron chi connectivity index (χ1n) is 8.35. The highest BCUT2D eigenvalue weighted by atomic mass is 32.2. The quantitative estimate of drug-likeness (QED) is 0.514. The summed E-state index contributed by atoms with van der Waals surface area (Å²) in [5.74, 6) is 1.95. The number of nitrogens with zero attached hydrogens (tertiary/aromatic N) is 5. The third-order valence-electron chi connectivity index (χ3n) is 4.04. The summed E-state index contributed by atoms with van der Waals surface area (Å²) in [6.45, 7) is 0. The molecular formula is C19H17N5O2S. The molecule has 0 bridgehead atoms. The minimum Gasteiger partial charge on any atom is -0.420 e. The van der Waals surface area contributed by atoms with Crippen molar-refractivity contribution >= 4 is 11.8 Å². The summed E-state index contributed by atoms with van der Waals surface area (Å²) in [6, 6.07) is 19.0. The third-order valence-corrected chi connectivity index (χ3v) is 5.05. The van der Waals surface area contributed by atoms with Gasteiger partial charge in [0.25, 0.3) is 0 Å². The average Bonchev–Trinajstić information content (AvgIpc) is 3.34. The van der Waals surface area contributed by atoms with Crippen LogP contribution in [0.25, 0.3) is 11.5 Å². The van der Waals surface area contributed by atoms with Crippen LogP contribution in [0.4, 0.5) is 0 Å². The van der Waals surface area contributed by atoms with Crippen molar-refractivity contribution in [3.05, 3.63) is 77.9 Å². The highest BCUT2D eigenvalue weighted by molar-refractivity contribution is 7.98. The minimum atomic E-state index is -0.828. The molecular weight excluding hydrogens is 362 g/mol. The maximum atomic E-state index is 10.5. The molecule has 136 valence electrons. The first kappa shape index (κ1) is 17.4. The van der Waals surface area contributed by atoms with E-state index in [4.69, 9.17) is 4.42 Å². The molecule has 7 nitrogen and oxygen atoms in total. The predicted octanol–water partition coefficient (Wildman–Crippen LogP) is 3.24. The van der Waals surface area contributed by atoms with Crippen molar-refractivity contribution in [1.82, 2.24) is 25.0 Å². The molecule has 0 saturated carbocycles. The molecule has 0 fully saturated rings. The summed E-state index contributed by atoms with van der Waals surface area (Å²) in [5.41, 5.74) is 1.65. The van der Waals surface area contributed by atoms with Gasteiger partial charge in [0.1, 0.15) is 6.10 Å². The summed E-state index contributed by atoms with van der Waals surface area (Å²) in [4.78, 5) is 0. The van der Waals surface area contributed by atoms with E-state index in [1.54, 1.807) is 4.57 Å². The number of benzene rings is 2. The second kappa shape index (κ2) is 7.73. The number of thioether (sulfide) groups is 1. The van der Waals surface area contributed by atoms with Crippen LogP contribution >= 0.6 is 11.8 Å². The van der Waals surface area contributed by atoms with Gasteiger partial charge < -0.3 is 14.1 Å². The lowest BCUT2D eigenvalue weighted by Gasteiger charge is -2.10. The van der Waals surface area contributed by atoms with Gasteiger partial charge in [-0.1, -0.05) is 60.3 Å². The predicted molar refractivity (Wildman–Crippen MR) is 101 cm³/mol. The number of rotatable bonds is 6. The van der Waals surface area contributed by atoms with Crippen molar-refractivity contribution in [2.75, 3.05) is 0 Å². The summed E-state index contributed by atoms with van der Waals surface area (Å²) >= 11 is 1.42. The zero-order chi connectivity index (χ0) is 18.6. The fourth-order valence-corrected chi connectivity index (χ4v) is 3.36. The molecule has 4 aromatic rings. The molecule has 0 aliphatic rings. The molecule has 0 aliphatic heterocycles. The van der Waals surface area contributed by atoms with Crippen molar-refractivity contribution in [2.45, 2.75) is 17.0 Å². The van der Waals surface area contributed by atoms with Crippen LogP contribution in [0.2, 0.25) is 0 Å². The van der Waals surface area contributed by atoms with Gasteiger partial charge in [-0.25, -0.2) is 0 Å². The Morgan fingerprint density at radius 2 is 1.67 bits per heavy atom. The third kappa shape index (κ3) is 3.76. The number of hydrogen-bond acceptors (Lipinski definition) is 7. The molecule has 1 N–H and O–H groups in total. The van der Waals surface area contributed by atoms with Gasteiger partial charge in [0, 0.05) is 12.6 Å². The topological polar surface area (TPSA) is 89.9 Å². The van der Waals surface area contributed by atoms with Gasteiger partial charge in [0.05, 0.1) is 5.75 Å². The Hall–Kier alpha value is -2.97. The second-order valence-electron chi connectivity index (χ2n) is 5.87. The van der Waals surface area contributed by atoms with E-state index in [0.29, 0.717) is 28.5 Å². The molecule has 2 heterocycles. The minimum absolute atomic E-state index is 0.466. The van der Waals surface area contributed by atoms with Crippen LogP contribution < -0.4 is 0 Å². The maximum Gasteiger partial charge on any atom is 0.247 e. The zero-order valence-corrected chi connectivity index (χ0v) is 15.4. The van der Waals surface area contributed by atoms with Crippen LogP contribution in [0.5, 0.6) is 0 Å². The normalized spacial score (nSPS) is 12.2. The van der Waals surface area contributed by atoms with Gasteiger partial charge in [0.15, 0.2) is 11.0 Å². The van der Waals surface area contributed by atoms with Gasteiger partial charge in [0.2, 0.25) is 11.8 Å². The molecule has 0 amide bonds. The summed E-state index contributed by atoms with van der Waals surface area (Å²) in [5, 5.41) is 27.7. The van der Waals surface area contributed by atoms with E-state index in [0.717, 1.165) is 11.1 Å². The lowest BCUT2D eigenvalue weighted by atomic mass is 10.1. The standard InChI is InChI=1S/C19H17N5O2S/c1-24-17(16(25)13-8-4-2-5-9-13)21-23-19(24)27-12-15-20-22-18(26-15)14-10-6-3-7-11-14/h2-11,16,25H,12H2,1H3/t16-/m0/s1. The van der Waals surface area contributed by atoms with E-state index in [-0.39, 0.29) is 0 Å². The van der Waals surface area contributed by atoms with Gasteiger partial charge in [-0.05, 0) is 17.7 Å². The van der Waals surface area contributed by atoms with E-state index in [1.807, 2.05) is 67.7 Å². The molecule has 0 spiro atoms. The fourth-order valence-electron chi connectivity index (χ4n) is 2.61. The van der Waals surface area contributed by atoms with Crippen LogP contribution in [0, 0.1) is 0 Å². The summed E-state index contributed by atoms with van der Waals surface area (Å²) in [7, 11) is 1.83. The number of hydrogen-bond donors (Lipinski definition) is 1. The van der Waals surface area contributed by atoms with Crippen LogP contribution in [0.1, 0.15) is 23.4 Å². The van der Waals surface area contributed by atoms with E-state index in [2.05, 4.69) is 20.4 Å².